The Morgan fingerprint density at radius 3 is 2.37 bits per heavy atom. The van der Waals surface area contributed by atoms with Gasteiger partial charge in [-0.15, -0.1) is 12.4 Å². The zero-order valence-electron chi connectivity index (χ0n) is 17.0. The third kappa shape index (κ3) is 5.59. The number of rotatable bonds is 4. The molecule has 2 aliphatic rings. The van der Waals surface area contributed by atoms with Crippen LogP contribution >= 0.6 is 12.4 Å². The Bertz CT molecular complexity index is 609. The van der Waals surface area contributed by atoms with E-state index in [4.69, 9.17) is 4.74 Å². The summed E-state index contributed by atoms with van der Waals surface area (Å²) in [7, 11) is 0. The van der Waals surface area contributed by atoms with Crippen molar-refractivity contribution in [2.45, 2.75) is 51.7 Å². The molecule has 2 saturated heterocycles. The molecule has 5 nitrogen and oxygen atoms in total. The van der Waals surface area contributed by atoms with Crippen molar-refractivity contribution >= 4 is 18.3 Å². The number of likely N-dealkylation sites (tertiary alicyclic amines) is 1. The second-order valence-corrected chi connectivity index (χ2v) is 8.55. The number of carbonyl (C=O) groups excluding carboxylic acids is 1. The first-order chi connectivity index (χ1) is 12.3. The minimum absolute atomic E-state index is 0. The van der Waals surface area contributed by atoms with Crippen LogP contribution in [0, 0.1) is 0 Å². The summed E-state index contributed by atoms with van der Waals surface area (Å²) in [4.78, 5) is 17.3. The lowest BCUT2D eigenvalue weighted by molar-refractivity contribution is -0.137. The SMILES string of the molecule is CC(Oc1ccc(C(C)(C)C)cc1)C(=O)N1CCC(N2CCNCC2)C1.Cl. The van der Waals surface area contributed by atoms with Gasteiger partial charge in [-0.05, 0) is 36.5 Å². The minimum Gasteiger partial charge on any atom is -0.481 e. The first kappa shape index (κ1) is 22.0. The van der Waals surface area contributed by atoms with E-state index in [1.54, 1.807) is 0 Å². The molecule has 1 aromatic carbocycles. The summed E-state index contributed by atoms with van der Waals surface area (Å²) < 4.78 is 5.92. The summed E-state index contributed by atoms with van der Waals surface area (Å²) in [5, 5.41) is 3.39. The predicted octanol–water partition coefficient (Wildman–Crippen LogP) is 2.68. The third-order valence-electron chi connectivity index (χ3n) is 5.52. The van der Waals surface area contributed by atoms with Gasteiger partial charge in [0.2, 0.25) is 0 Å². The van der Waals surface area contributed by atoms with E-state index in [2.05, 4.69) is 43.1 Å². The van der Waals surface area contributed by atoms with Crippen LogP contribution in [-0.2, 0) is 10.2 Å². The zero-order chi connectivity index (χ0) is 18.7. The lowest BCUT2D eigenvalue weighted by Gasteiger charge is -2.32. The Hall–Kier alpha value is -1.30. The third-order valence-corrected chi connectivity index (χ3v) is 5.52. The highest BCUT2D eigenvalue weighted by atomic mass is 35.5. The fourth-order valence-electron chi connectivity index (χ4n) is 3.83. The highest BCUT2D eigenvalue weighted by Crippen LogP contribution is 2.25. The molecule has 0 radical (unpaired) electrons. The highest BCUT2D eigenvalue weighted by molar-refractivity contribution is 5.85. The van der Waals surface area contributed by atoms with E-state index in [0.29, 0.717) is 6.04 Å². The first-order valence-corrected chi connectivity index (χ1v) is 9.85. The van der Waals surface area contributed by atoms with Crippen LogP contribution in [0.1, 0.15) is 39.7 Å². The summed E-state index contributed by atoms with van der Waals surface area (Å²) >= 11 is 0. The van der Waals surface area contributed by atoms with Crippen molar-refractivity contribution in [3.8, 4) is 5.75 Å². The molecule has 2 unspecified atom stereocenters. The van der Waals surface area contributed by atoms with Crippen LogP contribution in [0.5, 0.6) is 5.75 Å². The number of piperazine rings is 1. The van der Waals surface area contributed by atoms with Crippen molar-refractivity contribution in [1.82, 2.24) is 15.1 Å². The molecule has 0 aromatic heterocycles. The quantitative estimate of drug-likeness (QED) is 0.851. The lowest BCUT2D eigenvalue weighted by Crippen LogP contribution is -2.50. The van der Waals surface area contributed by atoms with Gasteiger partial charge in [0.15, 0.2) is 6.10 Å². The zero-order valence-corrected chi connectivity index (χ0v) is 17.8. The van der Waals surface area contributed by atoms with Gasteiger partial charge >= 0.3 is 0 Å². The number of carbonyl (C=O) groups is 1. The second-order valence-electron chi connectivity index (χ2n) is 8.55. The van der Waals surface area contributed by atoms with E-state index in [1.165, 1.54) is 5.56 Å². The van der Waals surface area contributed by atoms with Crippen molar-refractivity contribution in [2.24, 2.45) is 0 Å². The number of amides is 1. The van der Waals surface area contributed by atoms with Crippen molar-refractivity contribution < 1.29 is 9.53 Å². The van der Waals surface area contributed by atoms with Gasteiger partial charge in [-0.25, -0.2) is 0 Å². The van der Waals surface area contributed by atoms with E-state index in [-0.39, 0.29) is 23.7 Å². The molecule has 2 atom stereocenters. The molecule has 0 bridgehead atoms. The summed E-state index contributed by atoms with van der Waals surface area (Å²) in [5.74, 6) is 0.860. The molecule has 3 rings (SSSR count). The Balaban J connectivity index is 0.00000261. The number of halogens is 1. The molecule has 1 N–H and O–H groups in total. The number of hydrogen-bond acceptors (Lipinski definition) is 4. The van der Waals surface area contributed by atoms with E-state index in [0.717, 1.165) is 51.4 Å². The Morgan fingerprint density at radius 2 is 1.78 bits per heavy atom. The van der Waals surface area contributed by atoms with E-state index < -0.39 is 6.10 Å². The van der Waals surface area contributed by atoms with Gasteiger partial charge in [-0.3, -0.25) is 9.69 Å². The van der Waals surface area contributed by atoms with E-state index >= 15 is 0 Å². The van der Waals surface area contributed by atoms with Crippen molar-refractivity contribution in [3.05, 3.63) is 29.8 Å². The van der Waals surface area contributed by atoms with Crippen LogP contribution < -0.4 is 10.1 Å². The second kappa shape index (κ2) is 9.26. The highest BCUT2D eigenvalue weighted by Gasteiger charge is 2.33. The number of nitrogens with one attached hydrogen (secondary N) is 1. The molecule has 0 spiro atoms. The number of benzene rings is 1. The Morgan fingerprint density at radius 1 is 1.15 bits per heavy atom. The largest absolute Gasteiger partial charge is 0.481 e. The van der Waals surface area contributed by atoms with Crippen molar-refractivity contribution in [2.75, 3.05) is 39.3 Å². The van der Waals surface area contributed by atoms with E-state index in [1.807, 2.05) is 24.0 Å². The van der Waals surface area contributed by atoms with Gasteiger partial charge < -0.3 is 15.0 Å². The maximum Gasteiger partial charge on any atom is 0.263 e. The normalized spacial score (nSPS) is 22.2. The summed E-state index contributed by atoms with van der Waals surface area (Å²) in [6.45, 7) is 14.4. The fourth-order valence-corrected chi connectivity index (χ4v) is 3.83. The summed E-state index contributed by atoms with van der Waals surface area (Å²) in [5.41, 5.74) is 1.39. The fraction of sp³-hybridized carbons (Fsp3) is 0.667. The maximum absolute atomic E-state index is 12.8. The molecule has 1 amide bonds. The van der Waals surface area contributed by atoms with Crippen LogP contribution in [0.2, 0.25) is 0 Å². The summed E-state index contributed by atoms with van der Waals surface area (Å²) in [6.07, 6.45) is 0.621. The van der Waals surface area contributed by atoms with Crippen LogP contribution in [0.4, 0.5) is 0 Å². The molecule has 27 heavy (non-hydrogen) atoms. The van der Waals surface area contributed by atoms with Crippen LogP contribution in [-0.4, -0.2) is 67.1 Å². The number of hydrogen-bond donors (Lipinski definition) is 1. The minimum atomic E-state index is -0.447. The standard InChI is InChI=1S/C21H33N3O2.ClH/c1-16(26-19-7-5-17(6-8-19)21(2,3)4)20(25)24-12-9-18(15-24)23-13-10-22-11-14-23;/h5-8,16,18,22H,9-15H2,1-4H3;1H. The van der Waals surface area contributed by atoms with Crippen LogP contribution in [0.25, 0.3) is 0 Å². The van der Waals surface area contributed by atoms with Gasteiger partial charge in [-0.1, -0.05) is 32.9 Å². The Kier molecular flexibility index (Phi) is 7.55. The molecule has 152 valence electrons. The monoisotopic (exact) mass is 395 g/mol. The predicted molar refractivity (Wildman–Crippen MR) is 112 cm³/mol. The van der Waals surface area contributed by atoms with Crippen molar-refractivity contribution in [3.63, 3.8) is 0 Å². The number of nitrogens with zero attached hydrogens (tertiary/aromatic N) is 2. The molecule has 2 aliphatic heterocycles. The molecule has 2 heterocycles. The molecule has 6 heteroatoms. The van der Waals surface area contributed by atoms with Gasteiger partial charge in [0, 0.05) is 45.3 Å². The molecule has 2 fully saturated rings. The molecule has 0 aliphatic carbocycles. The van der Waals surface area contributed by atoms with Crippen LogP contribution in [0.15, 0.2) is 24.3 Å². The van der Waals surface area contributed by atoms with Gasteiger partial charge in [0.25, 0.3) is 5.91 Å². The Labute approximate surface area is 169 Å². The van der Waals surface area contributed by atoms with Crippen LogP contribution in [0.3, 0.4) is 0 Å². The molecular formula is C21H34ClN3O2. The molecule has 0 saturated carbocycles. The van der Waals surface area contributed by atoms with E-state index in [9.17, 15) is 4.79 Å². The van der Waals surface area contributed by atoms with Gasteiger partial charge in [-0.2, -0.15) is 0 Å². The molecular weight excluding hydrogens is 362 g/mol. The topological polar surface area (TPSA) is 44.8 Å². The first-order valence-electron chi connectivity index (χ1n) is 9.85. The average molecular weight is 396 g/mol. The van der Waals surface area contributed by atoms with Gasteiger partial charge in [0.05, 0.1) is 0 Å². The smallest absolute Gasteiger partial charge is 0.263 e. The number of ether oxygens (including phenoxy) is 1. The van der Waals surface area contributed by atoms with Crippen molar-refractivity contribution in [1.29, 1.82) is 0 Å². The lowest BCUT2D eigenvalue weighted by atomic mass is 9.87. The summed E-state index contributed by atoms with van der Waals surface area (Å²) in [6, 6.07) is 8.61. The average Bonchev–Trinajstić information content (AvgIpc) is 3.11. The van der Waals surface area contributed by atoms with Gasteiger partial charge in [0.1, 0.15) is 5.75 Å². The maximum atomic E-state index is 12.8. The molecule has 1 aromatic rings.